The SMILES string of the molecule is CC(C)(C)NC(=O)c1ccc(NC(=O)/C=C/c2ccc([N+](=O)[O-])cc2)cc1. The van der Waals surface area contributed by atoms with E-state index in [0.29, 0.717) is 16.8 Å². The van der Waals surface area contributed by atoms with Crippen molar-refractivity contribution in [1.82, 2.24) is 5.32 Å². The van der Waals surface area contributed by atoms with Gasteiger partial charge in [0.15, 0.2) is 0 Å². The zero-order valence-corrected chi connectivity index (χ0v) is 15.4. The number of carbonyl (C=O) groups is 2. The number of carbonyl (C=O) groups excluding carboxylic acids is 2. The molecule has 0 aliphatic rings. The summed E-state index contributed by atoms with van der Waals surface area (Å²) in [6, 6.07) is 12.4. The van der Waals surface area contributed by atoms with Crippen LogP contribution >= 0.6 is 0 Å². The van der Waals surface area contributed by atoms with E-state index in [1.807, 2.05) is 20.8 Å². The number of nitro groups is 1. The minimum Gasteiger partial charge on any atom is -0.347 e. The molecule has 2 amide bonds. The average Bonchev–Trinajstić information content (AvgIpc) is 2.59. The first-order chi connectivity index (χ1) is 12.6. The van der Waals surface area contributed by atoms with E-state index in [1.165, 1.54) is 18.2 Å². The van der Waals surface area contributed by atoms with Crippen LogP contribution in [0.2, 0.25) is 0 Å². The van der Waals surface area contributed by atoms with Gasteiger partial charge in [0.25, 0.3) is 11.6 Å². The third kappa shape index (κ3) is 6.39. The summed E-state index contributed by atoms with van der Waals surface area (Å²) < 4.78 is 0. The van der Waals surface area contributed by atoms with Gasteiger partial charge in [-0.05, 0) is 68.8 Å². The topological polar surface area (TPSA) is 101 Å². The first-order valence-corrected chi connectivity index (χ1v) is 8.30. The van der Waals surface area contributed by atoms with Crippen molar-refractivity contribution in [2.75, 3.05) is 5.32 Å². The Hall–Kier alpha value is -3.48. The van der Waals surface area contributed by atoms with Crippen LogP contribution in [0.3, 0.4) is 0 Å². The van der Waals surface area contributed by atoms with Crippen molar-refractivity contribution in [1.29, 1.82) is 0 Å². The molecule has 2 aromatic carbocycles. The van der Waals surface area contributed by atoms with Crippen molar-refractivity contribution in [2.24, 2.45) is 0 Å². The first kappa shape index (κ1) is 19.8. The predicted octanol–water partition coefficient (Wildman–Crippen LogP) is 3.78. The molecule has 0 saturated carbocycles. The summed E-state index contributed by atoms with van der Waals surface area (Å²) in [5.41, 5.74) is 1.40. The molecule has 0 aliphatic heterocycles. The fraction of sp³-hybridized carbons (Fsp3) is 0.200. The number of nitro benzene ring substituents is 1. The smallest absolute Gasteiger partial charge is 0.269 e. The molecule has 2 rings (SSSR count). The van der Waals surface area contributed by atoms with Gasteiger partial charge >= 0.3 is 0 Å². The van der Waals surface area contributed by atoms with Gasteiger partial charge < -0.3 is 10.6 Å². The highest BCUT2D eigenvalue weighted by molar-refractivity contribution is 6.02. The number of nitrogens with one attached hydrogen (secondary N) is 2. The van der Waals surface area contributed by atoms with Gasteiger partial charge in [-0.25, -0.2) is 0 Å². The minimum absolute atomic E-state index is 0.00723. The number of non-ortho nitro benzene ring substituents is 1. The molecule has 0 unspecified atom stereocenters. The molecule has 0 bridgehead atoms. The number of hydrogen-bond donors (Lipinski definition) is 2. The third-order valence-corrected chi connectivity index (χ3v) is 3.43. The Morgan fingerprint density at radius 3 is 2.11 bits per heavy atom. The van der Waals surface area contributed by atoms with Gasteiger partial charge in [0.1, 0.15) is 0 Å². The van der Waals surface area contributed by atoms with E-state index in [1.54, 1.807) is 42.5 Å². The van der Waals surface area contributed by atoms with Crippen LogP contribution in [0.5, 0.6) is 0 Å². The summed E-state index contributed by atoms with van der Waals surface area (Å²) in [6.45, 7) is 5.70. The average molecular weight is 367 g/mol. The Morgan fingerprint density at radius 1 is 1.00 bits per heavy atom. The van der Waals surface area contributed by atoms with Gasteiger partial charge in [-0.2, -0.15) is 0 Å². The number of nitrogens with zero attached hydrogens (tertiary/aromatic N) is 1. The standard InChI is InChI=1S/C20H21N3O4/c1-20(2,3)22-19(25)15-7-9-16(10-8-15)21-18(24)13-6-14-4-11-17(12-5-14)23(26)27/h4-13H,1-3H3,(H,21,24)(H,22,25)/b13-6+. The lowest BCUT2D eigenvalue weighted by molar-refractivity contribution is -0.384. The maximum Gasteiger partial charge on any atom is 0.269 e. The van der Waals surface area contributed by atoms with E-state index in [9.17, 15) is 19.7 Å². The number of rotatable bonds is 5. The van der Waals surface area contributed by atoms with E-state index in [0.717, 1.165) is 0 Å². The van der Waals surface area contributed by atoms with Gasteiger partial charge in [0, 0.05) is 35.0 Å². The number of amides is 2. The first-order valence-electron chi connectivity index (χ1n) is 8.30. The summed E-state index contributed by atoms with van der Waals surface area (Å²) in [7, 11) is 0. The normalized spacial score (nSPS) is 11.2. The minimum atomic E-state index is -0.481. The van der Waals surface area contributed by atoms with Crippen molar-refractivity contribution in [3.63, 3.8) is 0 Å². The molecular weight excluding hydrogens is 346 g/mol. The van der Waals surface area contributed by atoms with Crippen LogP contribution in [0.4, 0.5) is 11.4 Å². The van der Waals surface area contributed by atoms with Gasteiger partial charge in [-0.3, -0.25) is 19.7 Å². The van der Waals surface area contributed by atoms with E-state index in [-0.39, 0.29) is 23.0 Å². The van der Waals surface area contributed by atoms with E-state index >= 15 is 0 Å². The van der Waals surface area contributed by atoms with Crippen LogP contribution in [-0.2, 0) is 4.79 Å². The second kappa shape index (κ2) is 8.27. The zero-order chi connectivity index (χ0) is 20.0. The number of hydrogen-bond acceptors (Lipinski definition) is 4. The molecule has 0 aliphatic carbocycles. The number of anilines is 1. The second-order valence-electron chi connectivity index (χ2n) is 6.95. The van der Waals surface area contributed by atoms with Crippen molar-refractivity contribution in [3.05, 3.63) is 75.8 Å². The highest BCUT2D eigenvalue weighted by Crippen LogP contribution is 2.14. The summed E-state index contributed by atoms with van der Waals surface area (Å²) in [5.74, 6) is -0.529. The Kier molecular flexibility index (Phi) is 6.07. The van der Waals surface area contributed by atoms with Crippen molar-refractivity contribution in [2.45, 2.75) is 26.3 Å². The second-order valence-corrected chi connectivity index (χ2v) is 6.95. The van der Waals surface area contributed by atoms with Crippen LogP contribution in [0.1, 0.15) is 36.7 Å². The lowest BCUT2D eigenvalue weighted by Crippen LogP contribution is -2.40. The quantitative estimate of drug-likeness (QED) is 0.477. The third-order valence-electron chi connectivity index (χ3n) is 3.43. The highest BCUT2D eigenvalue weighted by atomic mass is 16.6. The maximum atomic E-state index is 12.1. The summed E-state index contributed by atoms with van der Waals surface area (Å²) in [4.78, 5) is 34.2. The Balaban J connectivity index is 1.95. The van der Waals surface area contributed by atoms with Gasteiger partial charge in [-0.1, -0.05) is 0 Å². The van der Waals surface area contributed by atoms with Crippen molar-refractivity contribution >= 4 is 29.3 Å². The molecule has 140 valence electrons. The zero-order valence-electron chi connectivity index (χ0n) is 15.4. The molecular formula is C20H21N3O4. The molecule has 0 spiro atoms. The van der Waals surface area contributed by atoms with Crippen LogP contribution in [-0.4, -0.2) is 22.3 Å². The highest BCUT2D eigenvalue weighted by Gasteiger charge is 2.15. The number of benzene rings is 2. The lowest BCUT2D eigenvalue weighted by Gasteiger charge is -2.20. The summed E-state index contributed by atoms with van der Waals surface area (Å²) >= 11 is 0. The van der Waals surface area contributed by atoms with Crippen LogP contribution in [0.25, 0.3) is 6.08 Å². The maximum absolute atomic E-state index is 12.1. The molecule has 7 nitrogen and oxygen atoms in total. The monoisotopic (exact) mass is 367 g/mol. The van der Waals surface area contributed by atoms with Gasteiger partial charge in [0.05, 0.1) is 4.92 Å². The van der Waals surface area contributed by atoms with E-state index in [2.05, 4.69) is 10.6 Å². The molecule has 0 atom stereocenters. The molecule has 0 radical (unpaired) electrons. The van der Waals surface area contributed by atoms with Crippen LogP contribution < -0.4 is 10.6 Å². The molecule has 0 fully saturated rings. The van der Waals surface area contributed by atoms with Crippen LogP contribution in [0.15, 0.2) is 54.6 Å². The van der Waals surface area contributed by atoms with Crippen molar-refractivity contribution in [3.8, 4) is 0 Å². The fourth-order valence-electron chi connectivity index (χ4n) is 2.18. The van der Waals surface area contributed by atoms with Gasteiger partial charge in [-0.15, -0.1) is 0 Å². The summed E-state index contributed by atoms with van der Waals surface area (Å²) in [6.07, 6.45) is 2.89. The molecule has 0 saturated heterocycles. The lowest BCUT2D eigenvalue weighted by atomic mass is 10.1. The molecule has 27 heavy (non-hydrogen) atoms. The molecule has 0 heterocycles. The molecule has 0 aromatic heterocycles. The van der Waals surface area contributed by atoms with E-state index < -0.39 is 4.92 Å². The van der Waals surface area contributed by atoms with E-state index in [4.69, 9.17) is 0 Å². The van der Waals surface area contributed by atoms with Crippen molar-refractivity contribution < 1.29 is 14.5 Å². The molecule has 7 heteroatoms. The summed E-state index contributed by atoms with van der Waals surface area (Å²) in [5, 5.41) is 16.2. The Bertz CT molecular complexity index is 864. The molecule has 2 N–H and O–H groups in total. The fourth-order valence-corrected chi connectivity index (χ4v) is 2.18. The Morgan fingerprint density at radius 2 is 1.59 bits per heavy atom. The van der Waals surface area contributed by atoms with Crippen LogP contribution in [0, 0.1) is 10.1 Å². The largest absolute Gasteiger partial charge is 0.347 e. The molecule has 2 aromatic rings. The predicted molar refractivity (Wildman–Crippen MR) is 104 cm³/mol. The Labute approximate surface area is 157 Å². The van der Waals surface area contributed by atoms with Gasteiger partial charge in [0.2, 0.25) is 5.91 Å².